The van der Waals surface area contributed by atoms with Gasteiger partial charge in [0.2, 0.25) is 0 Å². The van der Waals surface area contributed by atoms with Crippen molar-refractivity contribution in [3.8, 4) is 0 Å². The first-order valence-electron chi connectivity index (χ1n) is 6.04. The maximum atomic E-state index is 13.3. The normalized spacial score (nSPS) is 11.4. The van der Waals surface area contributed by atoms with E-state index in [4.69, 9.17) is 17.3 Å². The summed E-state index contributed by atoms with van der Waals surface area (Å²) in [4.78, 5) is 0.00585. The van der Waals surface area contributed by atoms with Crippen LogP contribution in [0.3, 0.4) is 0 Å². The van der Waals surface area contributed by atoms with Crippen LogP contribution in [0.4, 0.5) is 15.8 Å². The minimum Gasteiger partial charge on any atom is -0.397 e. The van der Waals surface area contributed by atoms with Gasteiger partial charge in [0.15, 0.2) is 0 Å². The van der Waals surface area contributed by atoms with Crippen molar-refractivity contribution in [1.82, 2.24) is 0 Å². The van der Waals surface area contributed by atoms with Crippen LogP contribution in [0.1, 0.15) is 11.1 Å². The molecule has 0 aliphatic heterocycles. The van der Waals surface area contributed by atoms with Gasteiger partial charge in [0.1, 0.15) is 5.82 Å². The van der Waals surface area contributed by atoms with E-state index in [1.807, 2.05) is 0 Å². The molecule has 0 aliphatic carbocycles. The Labute approximate surface area is 127 Å². The zero-order valence-corrected chi connectivity index (χ0v) is 13.0. The van der Waals surface area contributed by atoms with Gasteiger partial charge in [-0.15, -0.1) is 0 Å². The van der Waals surface area contributed by atoms with Gasteiger partial charge in [-0.2, -0.15) is 0 Å². The van der Waals surface area contributed by atoms with Crippen molar-refractivity contribution in [2.45, 2.75) is 18.7 Å². The Kier molecular flexibility index (Phi) is 4.11. The van der Waals surface area contributed by atoms with Crippen LogP contribution in [-0.2, 0) is 10.0 Å². The second-order valence-electron chi connectivity index (χ2n) is 4.76. The van der Waals surface area contributed by atoms with Gasteiger partial charge in [-0.3, -0.25) is 4.72 Å². The third-order valence-corrected chi connectivity index (χ3v) is 4.73. The molecule has 0 amide bonds. The number of benzene rings is 2. The highest BCUT2D eigenvalue weighted by molar-refractivity contribution is 7.92. The fourth-order valence-electron chi connectivity index (χ4n) is 1.96. The highest BCUT2D eigenvalue weighted by Gasteiger charge is 2.19. The molecule has 0 aliphatic rings. The first kappa shape index (κ1) is 15.6. The summed E-state index contributed by atoms with van der Waals surface area (Å²) in [5, 5.41) is 0.285. The summed E-state index contributed by atoms with van der Waals surface area (Å²) in [5.41, 5.74) is 7.03. The predicted molar refractivity (Wildman–Crippen MR) is 82.5 cm³/mol. The molecular weight excluding hydrogens is 315 g/mol. The minimum absolute atomic E-state index is 0.00585. The molecule has 0 saturated heterocycles. The maximum Gasteiger partial charge on any atom is 0.262 e. The van der Waals surface area contributed by atoms with E-state index in [0.29, 0.717) is 11.1 Å². The van der Waals surface area contributed by atoms with Crippen molar-refractivity contribution < 1.29 is 12.8 Å². The number of halogens is 2. The molecule has 0 spiro atoms. The number of sulfonamides is 1. The van der Waals surface area contributed by atoms with Gasteiger partial charge in [-0.1, -0.05) is 11.6 Å². The molecule has 2 aromatic rings. The third kappa shape index (κ3) is 3.46. The van der Waals surface area contributed by atoms with Gasteiger partial charge in [0.25, 0.3) is 10.0 Å². The molecule has 112 valence electrons. The van der Waals surface area contributed by atoms with E-state index >= 15 is 0 Å². The highest BCUT2D eigenvalue weighted by Crippen LogP contribution is 2.27. The molecule has 0 fully saturated rings. The van der Waals surface area contributed by atoms with Crippen LogP contribution in [0.15, 0.2) is 35.2 Å². The Morgan fingerprint density at radius 1 is 1.14 bits per heavy atom. The Balaban J connectivity index is 2.45. The lowest BCUT2D eigenvalue weighted by molar-refractivity contribution is 0.600. The molecule has 21 heavy (non-hydrogen) atoms. The van der Waals surface area contributed by atoms with Crippen LogP contribution < -0.4 is 10.5 Å². The van der Waals surface area contributed by atoms with Gasteiger partial charge < -0.3 is 5.73 Å². The molecule has 0 saturated carbocycles. The van der Waals surface area contributed by atoms with Crippen molar-refractivity contribution in [2.75, 3.05) is 10.5 Å². The summed E-state index contributed by atoms with van der Waals surface area (Å²) in [6.45, 7) is 3.28. The quantitative estimate of drug-likeness (QED) is 0.847. The van der Waals surface area contributed by atoms with Crippen LogP contribution >= 0.6 is 11.6 Å². The standard InChI is InChI=1S/C14H14ClFN2O2S/c1-8-3-10(16)6-11(4-8)18-21(19,20)14-7-13(17)12(15)5-9(14)2/h3-7,18H,17H2,1-2H3. The predicted octanol–water partition coefficient (Wildman–Crippen LogP) is 3.48. The lowest BCUT2D eigenvalue weighted by atomic mass is 10.2. The molecule has 0 unspecified atom stereocenters. The fourth-order valence-corrected chi connectivity index (χ4v) is 3.48. The van der Waals surface area contributed by atoms with Crippen molar-refractivity contribution in [3.05, 3.63) is 52.3 Å². The second kappa shape index (κ2) is 5.54. The van der Waals surface area contributed by atoms with Crippen LogP contribution in [0, 0.1) is 19.7 Å². The monoisotopic (exact) mass is 328 g/mol. The summed E-state index contributed by atoms with van der Waals surface area (Å²) in [6, 6.07) is 6.71. The van der Waals surface area contributed by atoms with Gasteiger partial charge in [0, 0.05) is 0 Å². The highest BCUT2D eigenvalue weighted by atomic mass is 35.5. The van der Waals surface area contributed by atoms with Gasteiger partial charge >= 0.3 is 0 Å². The smallest absolute Gasteiger partial charge is 0.262 e. The zero-order valence-electron chi connectivity index (χ0n) is 11.4. The summed E-state index contributed by atoms with van der Waals surface area (Å²) >= 11 is 5.85. The Morgan fingerprint density at radius 3 is 2.43 bits per heavy atom. The van der Waals surface area contributed by atoms with Crippen molar-refractivity contribution in [1.29, 1.82) is 0 Å². The molecule has 7 heteroatoms. The summed E-state index contributed by atoms with van der Waals surface area (Å²) in [5.74, 6) is -0.514. The molecule has 0 aromatic heterocycles. The number of anilines is 2. The molecule has 2 aromatic carbocycles. The first-order valence-corrected chi connectivity index (χ1v) is 7.91. The summed E-state index contributed by atoms with van der Waals surface area (Å²) in [6.07, 6.45) is 0. The van der Waals surface area contributed by atoms with Gasteiger partial charge in [0.05, 0.1) is 21.3 Å². The Morgan fingerprint density at radius 2 is 1.81 bits per heavy atom. The molecule has 3 N–H and O–H groups in total. The number of nitrogen functional groups attached to an aromatic ring is 1. The van der Waals surface area contributed by atoms with Crippen molar-refractivity contribution >= 4 is 33.0 Å². The fraction of sp³-hybridized carbons (Fsp3) is 0.143. The minimum atomic E-state index is -3.87. The van der Waals surface area contributed by atoms with E-state index in [1.165, 1.54) is 24.3 Å². The number of aryl methyl sites for hydroxylation is 2. The molecule has 4 nitrogen and oxygen atoms in total. The third-order valence-electron chi connectivity index (χ3n) is 2.88. The molecular formula is C14H14ClFN2O2S. The number of hydrogen-bond acceptors (Lipinski definition) is 3. The molecule has 0 radical (unpaired) electrons. The second-order valence-corrected chi connectivity index (χ2v) is 6.82. The van der Waals surface area contributed by atoms with Crippen LogP contribution in [-0.4, -0.2) is 8.42 Å². The average molecular weight is 329 g/mol. The van der Waals surface area contributed by atoms with E-state index in [-0.39, 0.29) is 21.3 Å². The van der Waals surface area contributed by atoms with Crippen LogP contribution in [0.25, 0.3) is 0 Å². The molecule has 0 heterocycles. The van der Waals surface area contributed by atoms with Gasteiger partial charge in [-0.05, 0) is 55.3 Å². The lowest BCUT2D eigenvalue weighted by Gasteiger charge is -2.12. The number of rotatable bonds is 3. The number of hydrogen-bond donors (Lipinski definition) is 2. The van der Waals surface area contributed by atoms with Crippen molar-refractivity contribution in [3.63, 3.8) is 0 Å². The molecule has 0 atom stereocenters. The first-order chi connectivity index (χ1) is 9.69. The van der Waals surface area contributed by atoms with Crippen LogP contribution in [0.2, 0.25) is 5.02 Å². The Bertz CT molecular complexity index is 787. The van der Waals surface area contributed by atoms with E-state index in [2.05, 4.69) is 4.72 Å². The number of nitrogens with one attached hydrogen (secondary N) is 1. The zero-order chi connectivity index (χ0) is 15.8. The Hall–Kier alpha value is -1.79. The van der Waals surface area contributed by atoms with Gasteiger partial charge in [-0.25, -0.2) is 12.8 Å². The summed E-state index contributed by atoms with van der Waals surface area (Å²) in [7, 11) is -3.87. The SMILES string of the molecule is Cc1cc(F)cc(NS(=O)(=O)c2cc(N)c(Cl)cc2C)c1. The number of nitrogens with two attached hydrogens (primary N) is 1. The van der Waals surface area contributed by atoms with E-state index in [1.54, 1.807) is 13.8 Å². The van der Waals surface area contributed by atoms with Crippen molar-refractivity contribution in [2.24, 2.45) is 0 Å². The summed E-state index contributed by atoms with van der Waals surface area (Å²) < 4.78 is 40.4. The topological polar surface area (TPSA) is 72.2 Å². The van der Waals surface area contributed by atoms with Crippen LogP contribution in [0.5, 0.6) is 0 Å². The average Bonchev–Trinajstić information content (AvgIpc) is 2.31. The molecule has 2 rings (SSSR count). The molecule has 0 bridgehead atoms. The largest absolute Gasteiger partial charge is 0.397 e. The van der Waals surface area contributed by atoms with E-state index in [0.717, 1.165) is 6.07 Å². The lowest BCUT2D eigenvalue weighted by Crippen LogP contribution is -2.15. The maximum absolute atomic E-state index is 13.3. The van der Waals surface area contributed by atoms with E-state index < -0.39 is 15.8 Å². The van der Waals surface area contributed by atoms with E-state index in [9.17, 15) is 12.8 Å².